The van der Waals surface area contributed by atoms with Crippen LogP contribution in [-0.4, -0.2) is 69.7 Å². The maximum atomic E-state index is 12.5. The average Bonchev–Trinajstić information content (AvgIpc) is 3.30. The van der Waals surface area contributed by atoms with E-state index in [1.54, 1.807) is 12.0 Å². The smallest absolute Gasteiger partial charge is 0.326 e. The van der Waals surface area contributed by atoms with Crippen molar-refractivity contribution in [3.8, 4) is 0 Å². The molecule has 9 heteroatoms. The predicted molar refractivity (Wildman–Crippen MR) is 92.4 cm³/mol. The topological polar surface area (TPSA) is 109 Å². The van der Waals surface area contributed by atoms with Gasteiger partial charge in [-0.15, -0.1) is 0 Å². The van der Waals surface area contributed by atoms with Gasteiger partial charge < -0.3 is 19.3 Å². The summed E-state index contributed by atoms with van der Waals surface area (Å²) in [7, 11) is 1.58. The molecule has 1 amide bonds. The van der Waals surface area contributed by atoms with Gasteiger partial charge >= 0.3 is 5.97 Å². The largest absolute Gasteiger partial charge is 0.480 e. The minimum absolute atomic E-state index is 0.0409. The Kier molecular flexibility index (Phi) is 4.90. The van der Waals surface area contributed by atoms with Gasteiger partial charge in [0, 0.05) is 19.6 Å². The van der Waals surface area contributed by atoms with Crippen LogP contribution in [0.2, 0.25) is 0 Å². The summed E-state index contributed by atoms with van der Waals surface area (Å²) in [4.78, 5) is 32.4. The SMILES string of the molecule is COCc1nc(CN2CCC3(CC2)CC(C(=O)O)N(C(=O)C2CC2)C3)no1. The zero-order chi connectivity index (χ0) is 19.0. The van der Waals surface area contributed by atoms with Gasteiger partial charge in [0.25, 0.3) is 5.89 Å². The minimum Gasteiger partial charge on any atom is -0.480 e. The van der Waals surface area contributed by atoms with Crippen molar-refractivity contribution in [1.82, 2.24) is 19.9 Å². The van der Waals surface area contributed by atoms with Crippen LogP contribution in [0.25, 0.3) is 0 Å². The molecule has 9 nitrogen and oxygen atoms in total. The number of likely N-dealkylation sites (tertiary alicyclic amines) is 2. The molecular formula is C18H26N4O5. The molecule has 0 radical (unpaired) electrons. The van der Waals surface area contributed by atoms with Crippen LogP contribution in [0.5, 0.6) is 0 Å². The number of rotatable bonds is 6. The third kappa shape index (κ3) is 3.84. The van der Waals surface area contributed by atoms with Gasteiger partial charge in [0.15, 0.2) is 5.82 Å². The summed E-state index contributed by atoms with van der Waals surface area (Å²) in [5, 5.41) is 13.6. The molecule has 3 heterocycles. The van der Waals surface area contributed by atoms with Crippen LogP contribution in [0.1, 0.15) is 43.8 Å². The number of ether oxygens (including phenoxy) is 1. The highest BCUT2D eigenvalue weighted by atomic mass is 16.5. The van der Waals surface area contributed by atoms with E-state index in [0.29, 0.717) is 37.8 Å². The summed E-state index contributed by atoms with van der Waals surface area (Å²) in [6.45, 7) is 3.17. The monoisotopic (exact) mass is 378 g/mol. The number of aromatic nitrogens is 2. The first kappa shape index (κ1) is 18.4. The van der Waals surface area contributed by atoms with E-state index in [-0.39, 0.29) is 17.2 Å². The van der Waals surface area contributed by atoms with Crippen LogP contribution in [0, 0.1) is 11.3 Å². The number of carboxylic acids is 1. The molecular weight excluding hydrogens is 352 g/mol. The van der Waals surface area contributed by atoms with Gasteiger partial charge in [-0.25, -0.2) is 4.79 Å². The first-order valence-corrected chi connectivity index (χ1v) is 9.56. The fourth-order valence-electron chi connectivity index (χ4n) is 4.36. The third-order valence-corrected chi connectivity index (χ3v) is 6.06. The molecule has 1 spiro atoms. The zero-order valence-electron chi connectivity index (χ0n) is 15.6. The number of hydrogen-bond acceptors (Lipinski definition) is 7. The van der Waals surface area contributed by atoms with Gasteiger partial charge in [-0.3, -0.25) is 9.69 Å². The highest BCUT2D eigenvalue weighted by molar-refractivity contribution is 5.87. The van der Waals surface area contributed by atoms with Gasteiger partial charge in [-0.05, 0) is 50.6 Å². The van der Waals surface area contributed by atoms with Gasteiger partial charge in [-0.1, -0.05) is 5.16 Å². The molecule has 1 atom stereocenters. The summed E-state index contributed by atoms with van der Waals surface area (Å²) in [5.74, 6) is 0.329. The highest BCUT2D eigenvalue weighted by Crippen LogP contribution is 2.45. The van der Waals surface area contributed by atoms with E-state index in [2.05, 4.69) is 15.0 Å². The van der Waals surface area contributed by atoms with E-state index < -0.39 is 12.0 Å². The van der Waals surface area contributed by atoms with E-state index >= 15 is 0 Å². The molecule has 0 aromatic carbocycles. The van der Waals surface area contributed by atoms with Crippen molar-refractivity contribution < 1.29 is 24.0 Å². The Balaban J connectivity index is 1.36. The molecule has 1 aromatic heterocycles. The van der Waals surface area contributed by atoms with Crippen molar-refractivity contribution in [1.29, 1.82) is 0 Å². The maximum absolute atomic E-state index is 12.5. The van der Waals surface area contributed by atoms with Crippen molar-refractivity contribution in [3.05, 3.63) is 11.7 Å². The van der Waals surface area contributed by atoms with E-state index in [9.17, 15) is 14.7 Å². The molecule has 3 aliphatic rings. The van der Waals surface area contributed by atoms with Gasteiger partial charge in [0.2, 0.25) is 5.91 Å². The third-order valence-electron chi connectivity index (χ3n) is 6.06. The quantitative estimate of drug-likeness (QED) is 0.777. The Hall–Kier alpha value is -2.00. The maximum Gasteiger partial charge on any atom is 0.326 e. The van der Waals surface area contributed by atoms with Crippen molar-refractivity contribution in [3.63, 3.8) is 0 Å². The Bertz CT molecular complexity index is 708. The van der Waals surface area contributed by atoms with Crippen molar-refractivity contribution >= 4 is 11.9 Å². The van der Waals surface area contributed by atoms with E-state index in [1.165, 1.54) is 0 Å². The van der Waals surface area contributed by atoms with Gasteiger partial charge in [0.05, 0.1) is 6.54 Å². The molecule has 1 aliphatic carbocycles. The molecule has 3 fully saturated rings. The Morgan fingerprint density at radius 1 is 1.33 bits per heavy atom. The molecule has 1 unspecified atom stereocenters. The lowest BCUT2D eigenvalue weighted by Gasteiger charge is -2.38. The summed E-state index contributed by atoms with van der Waals surface area (Å²) in [5.41, 5.74) is -0.0808. The Morgan fingerprint density at radius 2 is 2.07 bits per heavy atom. The second kappa shape index (κ2) is 7.20. The predicted octanol–water partition coefficient (Wildman–Crippen LogP) is 0.894. The highest BCUT2D eigenvalue weighted by Gasteiger charge is 2.51. The van der Waals surface area contributed by atoms with Gasteiger partial charge in [0.1, 0.15) is 12.6 Å². The second-order valence-corrected chi connectivity index (χ2v) is 8.11. The fraction of sp³-hybridized carbons (Fsp3) is 0.778. The molecule has 0 bridgehead atoms. The van der Waals surface area contributed by atoms with Gasteiger partial charge in [-0.2, -0.15) is 4.98 Å². The van der Waals surface area contributed by atoms with E-state index in [4.69, 9.17) is 9.26 Å². The number of carboxylic acid groups (broad SMARTS) is 1. The summed E-state index contributed by atoms with van der Waals surface area (Å²) in [6.07, 6.45) is 4.13. The standard InChI is InChI=1S/C18H26N4O5/c1-26-10-15-19-14(20-27-15)9-21-6-4-18(5-7-21)8-13(17(24)25)22(11-18)16(23)12-2-3-12/h12-13H,2-11H2,1H3,(H,24,25). The van der Waals surface area contributed by atoms with Crippen LogP contribution < -0.4 is 0 Å². The number of nitrogens with zero attached hydrogens (tertiary/aromatic N) is 4. The minimum atomic E-state index is -0.874. The van der Waals surface area contributed by atoms with Crippen LogP contribution in [0.3, 0.4) is 0 Å². The Morgan fingerprint density at radius 3 is 2.70 bits per heavy atom. The zero-order valence-corrected chi connectivity index (χ0v) is 15.6. The summed E-state index contributed by atoms with van der Waals surface area (Å²) < 4.78 is 10.1. The number of amides is 1. The van der Waals surface area contributed by atoms with Crippen LogP contribution in [-0.2, 0) is 27.5 Å². The fourth-order valence-corrected chi connectivity index (χ4v) is 4.36. The molecule has 2 saturated heterocycles. The number of hydrogen-bond donors (Lipinski definition) is 1. The molecule has 1 N–H and O–H groups in total. The van der Waals surface area contributed by atoms with Crippen LogP contribution >= 0.6 is 0 Å². The number of carbonyl (C=O) groups is 2. The summed E-state index contributed by atoms with van der Waals surface area (Å²) in [6, 6.07) is -0.668. The first-order valence-electron chi connectivity index (χ1n) is 9.56. The number of carbonyl (C=O) groups excluding carboxylic acids is 1. The number of aliphatic carboxylic acids is 1. The molecule has 27 heavy (non-hydrogen) atoms. The molecule has 148 valence electrons. The average molecular weight is 378 g/mol. The van der Waals surface area contributed by atoms with E-state index in [1.807, 2.05) is 0 Å². The van der Waals surface area contributed by atoms with E-state index in [0.717, 1.165) is 38.8 Å². The van der Waals surface area contributed by atoms with Crippen molar-refractivity contribution in [2.45, 2.75) is 51.3 Å². The van der Waals surface area contributed by atoms with Crippen molar-refractivity contribution in [2.75, 3.05) is 26.7 Å². The number of piperidine rings is 1. The Labute approximate surface area is 157 Å². The molecule has 4 rings (SSSR count). The lowest BCUT2D eigenvalue weighted by Crippen LogP contribution is -2.43. The molecule has 1 saturated carbocycles. The second-order valence-electron chi connectivity index (χ2n) is 8.11. The van der Waals surface area contributed by atoms with Crippen LogP contribution in [0.15, 0.2) is 4.52 Å². The summed E-state index contributed by atoms with van der Waals surface area (Å²) >= 11 is 0. The number of methoxy groups -OCH3 is 1. The first-order chi connectivity index (χ1) is 13.0. The molecule has 1 aromatic rings. The normalized spacial score (nSPS) is 25.2. The van der Waals surface area contributed by atoms with Crippen LogP contribution in [0.4, 0.5) is 0 Å². The van der Waals surface area contributed by atoms with Crippen molar-refractivity contribution in [2.24, 2.45) is 11.3 Å². The lowest BCUT2D eigenvalue weighted by atomic mass is 9.76. The lowest BCUT2D eigenvalue weighted by molar-refractivity contribution is -0.148. The molecule has 2 aliphatic heterocycles.